The minimum atomic E-state index is -0.242. The minimum absolute atomic E-state index is 0.183. The van der Waals surface area contributed by atoms with Gasteiger partial charge in [0.05, 0.1) is 28.5 Å². The number of benzene rings is 1. The number of aromatic nitrogens is 4. The second-order valence-electron chi connectivity index (χ2n) is 6.59. The maximum absolute atomic E-state index is 12.6. The third-order valence-corrected chi connectivity index (χ3v) is 5.92. The molecular weight excluding hydrogens is 418 g/mol. The molecule has 1 aromatic carbocycles. The number of carbonyl (C=O) groups excluding carboxylic acids is 1. The van der Waals surface area contributed by atoms with Gasteiger partial charge in [-0.25, -0.2) is 9.97 Å². The Morgan fingerprint density at radius 2 is 2.12 bits per heavy atom. The Bertz CT molecular complexity index is 997. The van der Waals surface area contributed by atoms with Gasteiger partial charge in [0.25, 0.3) is 5.91 Å². The summed E-state index contributed by atoms with van der Waals surface area (Å²) in [7, 11) is 1.95. The smallest absolute Gasteiger partial charge is 0.272 e. The molecule has 0 radical (unpaired) electrons. The van der Waals surface area contributed by atoms with Gasteiger partial charge in [0.15, 0.2) is 0 Å². The highest BCUT2D eigenvalue weighted by Crippen LogP contribution is 2.42. The minimum Gasteiger partial charge on any atom is -0.340 e. The fourth-order valence-corrected chi connectivity index (χ4v) is 3.57. The predicted octanol–water partition coefficient (Wildman–Crippen LogP) is 3.97. The number of halogens is 2. The van der Waals surface area contributed by atoms with Gasteiger partial charge in [0, 0.05) is 17.7 Å². The first-order chi connectivity index (χ1) is 12.5. The Kier molecular flexibility index (Phi) is 4.44. The highest BCUT2D eigenvalue weighted by Gasteiger charge is 2.37. The monoisotopic (exact) mass is 433 g/mol. The van der Waals surface area contributed by atoms with Crippen molar-refractivity contribution < 1.29 is 4.79 Å². The molecule has 0 aliphatic heterocycles. The summed E-state index contributed by atoms with van der Waals surface area (Å²) in [6, 6.07) is 3.69. The van der Waals surface area contributed by atoms with Crippen molar-refractivity contribution in [3.05, 3.63) is 51.2 Å². The number of fused-ring (bicyclic) bond motifs is 1. The molecule has 1 atom stereocenters. The summed E-state index contributed by atoms with van der Waals surface area (Å²) in [4.78, 5) is 25.7. The van der Waals surface area contributed by atoms with Crippen molar-refractivity contribution in [1.29, 1.82) is 0 Å². The lowest BCUT2D eigenvalue weighted by Crippen LogP contribution is -2.32. The van der Waals surface area contributed by atoms with Crippen LogP contribution in [0.15, 0.2) is 29.0 Å². The Morgan fingerprint density at radius 3 is 2.77 bits per heavy atom. The number of amides is 1. The van der Waals surface area contributed by atoms with Gasteiger partial charge in [-0.2, -0.15) is 0 Å². The zero-order valence-corrected chi connectivity index (χ0v) is 16.7. The van der Waals surface area contributed by atoms with Crippen LogP contribution >= 0.6 is 27.5 Å². The van der Waals surface area contributed by atoms with E-state index in [0.29, 0.717) is 16.6 Å². The third-order valence-electron chi connectivity index (χ3n) is 4.65. The van der Waals surface area contributed by atoms with Gasteiger partial charge in [-0.15, -0.1) is 0 Å². The van der Waals surface area contributed by atoms with Crippen LogP contribution in [0.3, 0.4) is 0 Å². The van der Waals surface area contributed by atoms with Crippen molar-refractivity contribution in [2.24, 2.45) is 13.0 Å². The Balaban J connectivity index is 1.70. The van der Waals surface area contributed by atoms with Crippen molar-refractivity contribution in [1.82, 2.24) is 24.8 Å². The summed E-state index contributed by atoms with van der Waals surface area (Å²) in [6.07, 6.45) is 5.21. The molecule has 134 valence electrons. The Labute approximate surface area is 164 Å². The molecule has 4 rings (SSSR count). The van der Waals surface area contributed by atoms with Crippen LogP contribution < -0.4 is 5.32 Å². The van der Waals surface area contributed by atoms with E-state index in [-0.39, 0.29) is 11.9 Å². The SMILES string of the molecule is Cc1cnc(C(=O)N[C@H](c2nc3c(Cl)c(Br)ccc3n2C)C2CC2)cn1. The first-order valence-corrected chi connectivity index (χ1v) is 9.52. The van der Waals surface area contributed by atoms with E-state index in [1.807, 2.05) is 30.7 Å². The van der Waals surface area contributed by atoms with E-state index < -0.39 is 0 Å². The molecule has 1 amide bonds. The number of hydrogen-bond acceptors (Lipinski definition) is 4. The predicted molar refractivity (Wildman–Crippen MR) is 103 cm³/mol. The zero-order valence-electron chi connectivity index (χ0n) is 14.3. The van der Waals surface area contributed by atoms with Crippen LogP contribution in [0.4, 0.5) is 0 Å². The Morgan fingerprint density at radius 1 is 1.35 bits per heavy atom. The molecule has 2 aromatic heterocycles. The summed E-state index contributed by atoms with van der Waals surface area (Å²) in [6.45, 7) is 1.84. The number of nitrogens with one attached hydrogen (secondary N) is 1. The summed E-state index contributed by atoms with van der Waals surface area (Å²) < 4.78 is 2.80. The fourth-order valence-electron chi connectivity index (χ4n) is 3.05. The molecular formula is C18H17BrClN5O. The van der Waals surface area contributed by atoms with Gasteiger partial charge < -0.3 is 9.88 Å². The molecule has 0 saturated heterocycles. The average Bonchev–Trinajstić information content (AvgIpc) is 3.41. The van der Waals surface area contributed by atoms with Crippen LogP contribution in [-0.2, 0) is 7.05 Å². The van der Waals surface area contributed by atoms with E-state index >= 15 is 0 Å². The second-order valence-corrected chi connectivity index (χ2v) is 7.82. The lowest BCUT2D eigenvalue weighted by Gasteiger charge is -2.18. The zero-order chi connectivity index (χ0) is 18.4. The standard InChI is InChI=1S/C18H17BrClN5O/c1-9-7-22-12(8-21-9)18(26)24-15(10-3-4-10)17-23-16-13(25(17)2)6-5-11(19)14(16)20/h5-8,10,15H,3-4H2,1-2H3,(H,24,26)/t15-/m0/s1. The van der Waals surface area contributed by atoms with Crippen LogP contribution in [0.2, 0.25) is 5.02 Å². The molecule has 0 bridgehead atoms. The number of imidazole rings is 1. The Hall–Kier alpha value is -1.99. The van der Waals surface area contributed by atoms with Crippen LogP contribution in [0.1, 0.15) is 40.9 Å². The van der Waals surface area contributed by atoms with E-state index in [9.17, 15) is 4.79 Å². The van der Waals surface area contributed by atoms with Crippen LogP contribution in [-0.4, -0.2) is 25.4 Å². The van der Waals surface area contributed by atoms with Crippen molar-refractivity contribution in [2.75, 3.05) is 0 Å². The highest BCUT2D eigenvalue weighted by atomic mass is 79.9. The molecule has 0 spiro atoms. The maximum atomic E-state index is 12.6. The van der Waals surface area contributed by atoms with E-state index in [4.69, 9.17) is 16.6 Å². The van der Waals surface area contributed by atoms with E-state index in [0.717, 1.165) is 39.9 Å². The third kappa shape index (κ3) is 3.10. The largest absolute Gasteiger partial charge is 0.340 e. The lowest BCUT2D eigenvalue weighted by atomic mass is 10.1. The first kappa shape index (κ1) is 17.4. The van der Waals surface area contributed by atoms with Gasteiger partial charge in [-0.3, -0.25) is 9.78 Å². The van der Waals surface area contributed by atoms with E-state index in [1.165, 1.54) is 6.20 Å². The number of nitrogens with zero attached hydrogens (tertiary/aromatic N) is 4. The van der Waals surface area contributed by atoms with Gasteiger partial charge >= 0.3 is 0 Å². The van der Waals surface area contributed by atoms with Gasteiger partial charge in [-0.1, -0.05) is 11.6 Å². The van der Waals surface area contributed by atoms with Crippen molar-refractivity contribution in [3.8, 4) is 0 Å². The molecule has 1 N–H and O–H groups in total. The van der Waals surface area contributed by atoms with Gasteiger partial charge in [-0.05, 0) is 53.7 Å². The average molecular weight is 435 g/mol. The van der Waals surface area contributed by atoms with Crippen molar-refractivity contribution in [3.63, 3.8) is 0 Å². The van der Waals surface area contributed by atoms with Gasteiger partial charge in [0.2, 0.25) is 0 Å². The number of carbonyl (C=O) groups is 1. The summed E-state index contributed by atoms with van der Waals surface area (Å²) >= 11 is 9.84. The van der Waals surface area contributed by atoms with Crippen molar-refractivity contribution >= 4 is 44.5 Å². The number of hydrogen-bond donors (Lipinski definition) is 1. The van der Waals surface area contributed by atoms with Crippen LogP contribution in [0.5, 0.6) is 0 Å². The van der Waals surface area contributed by atoms with Crippen LogP contribution in [0, 0.1) is 12.8 Å². The second kappa shape index (κ2) is 6.63. The number of rotatable bonds is 4. The molecule has 1 fully saturated rings. The van der Waals surface area contributed by atoms with E-state index in [2.05, 4.69) is 31.2 Å². The van der Waals surface area contributed by atoms with Gasteiger partial charge in [0.1, 0.15) is 17.0 Å². The molecule has 1 aliphatic carbocycles. The molecule has 0 unspecified atom stereocenters. The maximum Gasteiger partial charge on any atom is 0.272 e. The first-order valence-electron chi connectivity index (χ1n) is 8.35. The topological polar surface area (TPSA) is 72.7 Å². The summed E-state index contributed by atoms with van der Waals surface area (Å²) in [5.41, 5.74) is 2.74. The van der Waals surface area contributed by atoms with Crippen LogP contribution in [0.25, 0.3) is 11.0 Å². The lowest BCUT2D eigenvalue weighted by molar-refractivity contribution is 0.0923. The quantitative estimate of drug-likeness (QED) is 0.674. The van der Waals surface area contributed by atoms with E-state index in [1.54, 1.807) is 6.20 Å². The normalized spacial score (nSPS) is 15.2. The fraction of sp³-hybridized carbons (Fsp3) is 0.333. The molecule has 8 heteroatoms. The number of aryl methyl sites for hydroxylation is 2. The highest BCUT2D eigenvalue weighted by molar-refractivity contribution is 9.10. The molecule has 6 nitrogen and oxygen atoms in total. The molecule has 1 saturated carbocycles. The molecule has 26 heavy (non-hydrogen) atoms. The molecule has 3 aromatic rings. The van der Waals surface area contributed by atoms with Crippen molar-refractivity contribution in [2.45, 2.75) is 25.8 Å². The summed E-state index contributed by atoms with van der Waals surface area (Å²) in [5, 5.41) is 3.67. The summed E-state index contributed by atoms with van der Waals surface area (Å²) in [5.74, 6) is 0.930. The molecule has 1 aliphatic rings. The molecule has 2 heterocycles.